The summed E-state index contributed by atoms with van der Waals surface area (Å²) in [5, 5.41) is 2.43. The number of hydrogen-bond donors (Lipinski definition) is 1. The third kappa shape index (κ3) is 5.47. The first-order valence-corrected chi connectivity index (χ1v) is 8.31. The zero-order chi connectivity index (χ0) is 20.5. The summed E-state index contributed by atoms with van der Waals surface area (Å²) >= 11 is 0. The van der Waals surface area contributed by atoms with E-state index in [1.54, 1.807) is 36.4 Å². The number of hydrogen-bond acceptors (Lipinski definition) is 7. The molecule has 0 aliphatic heterocycles. The van der Waals surface area contributed by atoms with Crippen LogP contribution in [0.2, 0.25) is 0 Å². The summed E-state index contributed by atoms with van der Waals surface area (Å²) in [5.74, 6) is -0.269. The van der Waals surface area contributed by atoms with Gasteiger partial charge in [0.25, 0.3) is 5.91 Å². The Bertz CT molecular complexity index is 863. The summed E-state index contributed by atoms with van der Waals surface area (Å²) in [6.45, 7) is -0.848. The molecule has 1 N–H and O–H groups in total. The minimum atomic E-state index is -0.739. The molecule has 148 valence electrons. The van der Waals surface area contributed by atoms with Crippen LogP contribution in [0.5, 0.6) is 17.2 Å². The van der Waals surface area contributed by atoms with Crippen molar-refractivity contribution in [1.29, 1.82) is 0 Å². The number of amides is 1. The van der Waals surface area contributed by atoms with Crippen molar-refractivity contribution in [3.05, 3.63) is 53.6 Å². The van der Waals surface area contributed by atoms with Crippen LogP contribution in [0.3, 0.4) is 0 Å². The second kappa shape index (κ2) is 9.96. The third-order valence-corrected chi connectivity index (χ3v) is 3.80. The molecule has 0 aromatic heterocycles. The van der Waals surface area contributed by atoms with Crippen molar-refractivity contribution in [2.75, 3.05) is 34.5 Å². The second-order valence-electron chi connectivity index (χ2n) is 5.56. The summed E-state index contributed by atoms with van der Waals surface area (Å²) in [6, 6.07) is 11.2. The average Bonchev–Trinajstić information content (AvgIpc) is 2.75. The molecule has 1 amide bonds. The Labute approximate surface area is 162 Å². The van der Waals surface area contributed by atoms with E-state index >= 15 is 0 Å². The van der Waals surface area contributed by atoms with Gasteiger partial charge in [0.15, 0.2) is 6.61 Å². The van der Waals surface area contributed by atoms with E-state index in [0.29, 0.717) is 22.8 Å². The maximum absolute atomic E-state index is 12.3. The summed E-state index contributed by atoms with van der Waals surface area (Å²) in [7, 11) is 4.41. The number of carbonyl (C=O) groups excluding carboxylic acids is 3. The topological polar surface area (TPSA) is 100 Å². The van der Waals surface area contributed by atoms with Gasteiger partial charge in [-0.05, 0) is 30.3 Å². The predicted molar refractivity (Wildman–Crippen MR) is 100 cm³/mol. The van der Waals surface area contributed by atoms with Gasteiger partial charge in [0.05, 0.1) is 26.9 Å². The molecule has 0 saturated heterocycles. The molecule has 0 unspecified atom stereocenters. The van der Waals surface area contributed by atoms with Crippen molar-refractivity contribution < 1.29 is 33.3 Å². The molecule has 0 heterocycles. The minimum Gasteiger partial charge on any atom is -0.497 e. The van der Waals surface area contributed by atoms with E-state index in [9.17, 15) is 14.4 Å². The molecule has 2 aromatic carbocycles. The number of carbonyl (C=O) groups is 3. The lowest BCUT2D eigenvalue weighted by atomic mass is 10.1. The van der Waals surface area contributed by atoms with Crippen molar-refractivity contribution in [2.24, 2.45) is 0 Å². The highest BCUT2D eigenvalue weighted by Gasteiger charge is 2.16. The number of esters is 1. The molecule has 2 rings (SSSR count). The van der Waals surface area contributed by atoms with E-state index in [0.717, 1.165) is 0 Å². The highest BCUT2D eigenvalue weighted by molar-refractivity contribution is 6.01. The van der Waals surface area contributed by atoms with Gasteiger partial charge in [0, 0.05) is 11.6 Å². The predicted octanol–water partition coefficient (Wildman–Crippen LogP) is 1.87. The molecule has 2 aromatic rings. The Morgan fingerprint density at radius 2 is 1.61 bits per heavy atom. The van der Waals surface area contributed by atoms with Crippen LogP contribution in [0.15, 0.2) is 42.5 Å². The molecular weight excluding hydrogens is 366 g/mol. The molecule has 0 fully saturated rings. The molecule has 0 radical (unpaired) electrons. The summed E-state index contributed by atoms with van der Waals surface area (Å²) in [6.07, 6.45) is 0. The highest BCUT2D eigenvalue weighted by atomic mass is 16.5. The molecular formula is C20H21NO7. The van der Waals surface area contributed by atoms with Crippen molar-refractivity contribution in [2.45, 2.75) is 0 Å². The average molecular weight is 387 g/mol. The fourth-order valence-corrected chi connectivity index (χ4v) is 2.32. The van der Waals surface area contributed by atoms with Gasteiger partial charge in [-0.1, -0.05) is 6.07 Å². The van der Waals surface area contributed by atoms with E-state index < -0.39 is 24.3 Å². The maximum Gasteiger partial charge on any atom is 0.325 e. The van der Waals surface area contributed by atoms with Gasteiger partial charge in [-0.3, -0.25) is 14.4 Å². The molecule has 8 heteroatoms. The SMILES string of the molecule is COc1cccc(C(=O)NCC(=O)OCC(=O)c2ccc(OC)cc2OC)c1. The lowest BCUT2D eigenvalue weighted by Gasteiger charge is -2.10. The van der Waals surface area contributed by atoms with Crippen LogP contribution >= 0.6 is 0 Å². The van der Waals surface area contributed by atoms with Gasteiger partial charge in [-0.15, -0.1) is 0 Å². The molecule has 0 aliphatic rings. The van der Waals surface area contributed by atoms with Crippen LogP contribution in [0.1, 0.15) is 20.7 Å². The van der Waals surface area contributed by atoms with Crippen molar-refractivity contribution in [1.82, 2.24) is 5.32 Å². The van der Waals surface area contributed by atoms with E-state index in [2.05, 4.69) is 5.32 Å². The van der Waals surface area contributed by atoms with Gasteiger partial charge in [-0.25, -0.2) is 0 Å². The zero-order valence-electron chi connectivity index (χ0n) is 15.8. The minimum absolute atomic E-state index is 0.261. The van der Waals surface area contributed by atoms with E-state index in [1.807, 2.05) is 0 Å². The number of ketones is 1. The van der Waals surface area contributed by atoms with Crippen LogP contribution in [-0.4, -0.2) is 52.1 Å². The largest absolute Gasteiger partial charge is 0.497 e. The van der Waals surface area contributed by atoms with Crippen LogP contribution in [0.25, 0.3) is 0 Å². The van der Waals surface area contributed by atoms with Gasteiger partial charge in [0.2, 0.25) is 5.78 Å². The van der Waals surface area contributed by atoms with Crippen molar-refractivity contribution in [3.8, 4) is 17.2 Å². The van der Waals surface area contributed by atoms with Gasteiger partial charge in [-0.2, -0.15) is 0 Å². The standard InChI is InChI=1S/C20H21NO7/c1-25-14-6-4-5-13(9-14)20(24)21-11-19(23)28-12-17(22)16-8-7-15(26-2)10-18(16)27-3/h4-10H,11-12H2,1-3H3,(H,21,24). The number of methoxy groups -OCH3 is 3. The molecule has 0 saturated carbocycles. The summed E-state index contributed by atoms with van der Waals surface area (Å²) in [5.41, 5.74) is 0.600. The Morgan fingerprint density at radius 3 is 2.29 bits per heavy atom. The molecule has 0 bridgehead atoms. The first kappa shape index (κ1) is 20.8. The van der Waals surface area contributed by atoms with Crippen LogP contribution in [0.4, 0.5) is 0 Å². The Kier molecular flexibility index (Phi) is 7.38. The number of benzene rings is 2. The van der Waals surface area contributed by atoms with Crippen LogP contribution in [-0.2, 0) is 9.53 Å². The van der Waals surface area contributed by atoms with E-state index in [1.165, 1.54) is 27.4 Å². The van der Waals surface area contributed by atoms with Crippen molar-refractivity contribution >= 4 is 17.7 Å². The summed E-state index contributed by atoms with van der Waals surface area (Å²) < 4.78 is 20.2. The number of Topliss-reactive ketones (excluding diaryl/α,β-unsaturated/α-hetero) is 1. The normalized spacial score (nSPS) is 9.96. The number of ether oxygens (including phenoxy) is 4. The van der Waals surface area contributed by atoms with Crippen molar-refractivity contribution in [3.63, 3.8) is 0 Å². The van der Waals surface area contributed by atoms with Gasteiger partial charge >= 0.3 is 5.97 Å². The lowest BCUT2D eigenvalue weighted by Crippen LogP contribution is -2.31. The molecule has 28 heavy (non-hydrogen) atoms. The fraction of sp³-hybridized carbons (Fsp3) is 0.250. The monoisotopic (exact) mass is 387 g/mol. The molecule has 8 nitrogen and oxygen atoms in total. The van der Waals surface area contributed by atoms with Crippen LogP contribution in [0, 0.1) is 0 Å². The second-order valence-corrected chi connectivity index (χ2v) is 5.56. The first-order chi connectivity index (χ1) is 13.5. The maximum atomic E-state index is 12.3. The number of rotatable bonds is 9. The van der Waals surface area contributed by atoms with Gasteiger partial charge in [0.1, 0.15) is 23.8 Å². The Morgan fingerprint density at radius 1 is 0.893 bits per heavy atom. The highest BCUT2D eigenvalue weighted by Crippen LogP contribution is 2.24. The zero-order valence-corrected chi connectivity index (χ0v) is 15.8. The first-order valence-electron chi connectivity index (χ1n) is 8.31. The number of nitrogens with one attached hydrogen (secondary N) is 1. The van der Waals surface area contributed by atoms with E-state index in [-0.39, 0.29) is 12.1 Å². The molecule has 0 aliphatic carbocycles. The van der Waals surface area contributed by atoms with Crippen LogP contribution < -0.4 is 19.5 Å². The summed E-state index contributed by atoms with van der Waals surface area (Å²) in [4.78, 5) is 36.1. The smallest absolute Gasteiger partial charge is 0.325 e. The molecule has 0 atom stereocenters. The lowest BCUT2D eigenvalue weighted by molar-refractivity contribution is -0.141. The third-order valence-electron chi connectivity index (χ3n) is 3.80. The molecule has 0 spiro atoms. The van der Waals surface area contributed by atoms with E-state index in [4.69, 9.17) is 18.9 Å². The fourth-order valence-electron chi connectivity index (χ4n) is 2.32. The Hall–Kier alpha value is -3.55. The van der Waals surface area contributed by atoms with Gasteiger partial charge < -0.3 is 24.3 Å². The quantitative estimate of drug-likeness (QED) is 0.518. The Balaban J connectivity index is 1.86.